The summed E-state index contributed by atoms with van der Waals surface area (Å²) in [6.07, 6.45) is 1.46. The van der Waals surface area contributed by atoms with Gasteiger partial charge in [0.15, 0.2) is 0 Å². The molecule has 2 aromatic rings. The van der Waals surface area contributed by atoms with Crippen LogP contribution in [0.5, 0.6) is 0 Å². The Bertz CT molecular complexity index is 697. The predicted molar refractivity (Wildman–Crippen MR) is 101 cm³/mol. The number of benzene rings is 2. The minimum absolute atomic E-state index is 0.173. The quantitative estimate of drug-likeness (QED) is 0.844. The van der Waals surface area contributed by atoms with Crippen molar-refractivity contribution in [1.29, 1.82) is 0 Å². The van der Waals surface area contributed by atoms with Crippen molar-refractivity contribution in [1.82, 2.24) is 5.32 Å². The third-order valence-corrected chi connectivity index (χ3v) is 4.42. The van der Waals surface area contributed by atoms with E-state index in [1.165, 1.54) is 5.69 Å². The van der Waals surface area contributed by atoms with Crippen molar-refractivity contribution in [3.8, 4) is 0 Å². The van der Waals surface area contributed by atoms with Gasteiger partial charge in [-0.1, -0.05) is 42.5 Å². The molecule has 0 atom stereocenters. The predicted octanol–water partition coefficient (Wildman–Crippen LogP) is 3.62. The van der Waals surface area contributed by atoms with E-state index in [0.29, 0.717) is 12.6 Å². The summed E-state index contributed by atoms with van der Waals surface area (Å²) in [7, 11) is 4.07. The molecule has 1 amide bonds. The number of amides is 1. The third kappa shape index (κ3) is 4.66. The maximum Gasteiger partial charge on any atom is 0.407 e. The summed E-state index contributed by atoms with van der Waals surface area (Å²) < 4.78 is 5.26. The summed E-state index contributed by atoms with van der Waals surface area (Å²) in [5.41, 5.74) is 3.29. The van der Waals surface area contributed by atoms with E-state index in [4.69, 9.17) is 4.74 Å². The fourth-order valence-corrected chi connectivity index (χ4v) is 2.99. The van der Waals surface area contributed by atoms with Crippen LogP contribution in [0.15, 0.2) is 54.6 Å². The van der Waals surface area contributed by atoms with Crippen molar-refractivity contribution in [3.05, 3.63) is 60.2 Å². The largest absolute Gasteiger partial charge is 0.445 e. The van der Waals surface area contributed by atoms with Gasteiger partial charge in [0.05, 0.1) is 11.4 Å². The van der Waals surface area contributed by atoms with Gasteiger partial charge in [0, 0.05) is 26.2 Å². The maximum atomic E-state index is 11.9. The minimum Gasteiger partial charge on any atom is -0.445 e. The van der Waals surface area contributed by atoms with Gasteiger partial charge >= 0.3 is 6.09 Å². The molecule has 5 nitrogen and oxygen atoms in total. The van der Waals surface area contributed by atoms with Crippen molar-refractivity contribution in [2.24, 2.45) is 0 Å². The molecular weight excluding hydrogens is 314 g/mol. The molecule has 0 aliphatic heterocycles. The molecule has 0 aromatic heterocycles. The van der Waals surface area contributed by atoms with E-state index < -0.39 is 0 Å². The second kappa shape index (κ2) is 7.92. The molecule has 0 saturated heterocycles. The van der Waals surface area contributed by atoms with Crippen LogP contribution in [0.4, 0.5) is 16.2 Å². The lowest BCUT2D eigenvalue weighted by atomic mass is 9.86. The van der Waals surface area contributed by atoms with Crippen LogP contribution in [0.2, 0.25) is 0 Å². The molecule has 0 bridgehead atoms. The number of rotatable bonds is 6. The Morgan fingerprint density at radius 2 is 1.72 bits per heavy atom. The van der Waals surface area contributed by atoms with E-state index in [1.54, 1.807) is 0 Å². The Hall–Kier alpha value is -2.69. The summed E-state index contributed by atoms with van der Waals surface area (Å²) in [4.78, 5) is 14.0. The fraction of sp³-hybridized carbons (Fsp3) is 0.350. The number of nitrogens with one attached hydrogen (secondary N) is 2. The molecule has 5 heteroatoms. The Kier molecular flexibility index (Phi) is 5.43. The first kappa shape index (κ1) is 17.1. The average Bonchev–Trinajstić information content (AvgIpc) is 2.59. The molecule has 25 heavy (non-hydrogen) atoms. The molecule has 1 aliphatic carbocycles. The number of para-hydroxylation sites is 2. The summed E-state index contributed by atoms with van der Waals surface area (Å²) in [6.45, 7) is 0.303. The summed E-state index contributed by atoms with van der Waals surface area (Å²) in [5, 5.41) is 6.48. The molecule has 0 heterocycles. The SMILES string of the molecule is CN(C)c1ccccc1NC1CC(NC(=O)OCc2ccccc2)C1. The normalized spacial score (nSPS) is 18.8. The fourth-order valence-electron chi connectivity index (χ4n) is 2.99. The van der Waals surface area contributed by atoms with Gasteiger partial charge in [0.25, 0.3) is 0 Å². The summed E-state index contributed by atoms with van der Waals surface area (Å²) >= 11 is 0. The zero-order valence-electron chi connectivity index (χ0n) is 14.7. The van der Waals surface area contributed by atoms with Gasteiger partial charge < -0.3 is 20.3 Å². The first-order valence-electron chi connectivity index (χ1n) is 8.62. The van der Waals surface area contributed by atoms with Crippen LogP contribution in [0, 0.1) is 0 Å². The van der Waals surface area contributed by atoms with Crippen LogP contribution in [0.1, 0.15) is 18.4 Å². The summed E-state index contributed by atoms with van der Waals surface area (Å²) in [6, 6.07) is 18.5. The number of alkyl carbamates (subject to hydrolysis) is 1. The van der Waals surface area contributed by atoms with E-state index in [2.05, 4.69) is 27.7 Å². The molecule has 0 radical (unpaired) electrons. The van der Waals surface area contributed by atoms with Gasteiger partial charge in [-0.3, -0.25) is 0 Å². The number of nitrogens with zero attached hydrogens (tertiary/aromatic N) is 1. The van der Waals surface area contributed by atoms with Crippen LogP contribution >= 0.6 is 0 Å². The zero-order chi connectivity index (χ0) is 17.6. The van der Waals surface area contributed by atoms with Crippen LogP contribution in [-0.4, -0.2) is 32.3 Å². The van der Waals surface area contributed by atoms with Crippen LogP contribution < -0.4 is 15.5 Å². The van der Waals surface area contributed by atoms with Gasteiger partial charge in [0.2, 0.25) is 0 Å². The van der Waals surface area contributed by atoms with E-state index in [0.717, 1.165) is 24.1 Å². The Morgan fingerprint density at radius 3 is 2.44 bits per heavy atom. The molecule has 0 spiro atoms. The highest BCUT2D eigenvalue weighted by Gasteiger charge is 2.31. The molecular formula is C20H25N3O2. The highest BCUT2D eigenvalue weighted by Crippen LogP contribution is 2.29. The molecule has 2 aromatic carbocycles. The number of hydrogen-bond acceptors (Lipinski definition) is 4. The van der Waals surface area contributed by atoms with Crippen LogP contribution in [0.3, 0.4) is 0 Å². The van der Waals surface area contributed by atoms with E-state index in [9.17, 15) is 4.79 Å². The van der Waals surface area contributed by atoms with Crippen molar-refractivity contribution >= 4 is 17.5 Å². The standard InChI is InChI=1S/C20H25N3O2/c1-23(2)19-11-7-6-10-18(19)21-16-12-17(13-16)22-20(24)25-14-15-8-4-3-5-9-15/h3-11,16-17,21H,12-14H2,1-2H3,(H,22,24). The molecule has 132 valence electrons. The number of anilines is 2. The monoisotopic (exact) mass is 339 g/mol. The first-order chi connectivity index (χ1) is 12.1. The highest BCUT2D eigenvalue weighted by atomic mass is 16.5. The molecule has 2 N–H and O–H groups in total. The number of hydrogen-bond donors (Lipinski definition) is 2. The average molecular weight is 339 g/mol. The minimum atomic E-state index is -0.346. The molecule has 1 saturated carbocycles. The molecule has 0 unspecified atom stereocenters. The first-order valence-corrected chi connectivity index (χ1v) is 8.62. The third-order valence-electron chi connectivity index (χ3n) is 4.42. The topological polar surface area (TPSA) is 53.6 Å². The van der Waals surface area contributed by atoms with Crippen molar-refractivity contribution in [3.63, 3.8) is 0 Å². The second-order valence-corrected chi connectivity index (χ2v) is 6.63. The van der Waals surface area contributed by atoms with E-state index in [1.807, 2.05) is 56.6 Å². The molecule has 3 rings (SSSR count). The highest BCUT2D eigenvalue weighted by molar-refractivity contribution is 5.70. The van der Waals surface area contributed by atoms with E-state index in [-0.39, 0.29) is 12.1 Å². The Morgan fingerprint density at radius 1 is 1.04 bits per heavy atom. The summed E-state index contributed by atoms with van der Waals surface area (Å²) in [5.74, 6) is 0. The Labute approximate surface area is 149 Å². The van der Waals surface area contributed by atoms with Gasteiger partial charge in [-0.25, -0.2) is 4.79 Å². The number of carbonyl (C=O) groups excluding carboxylic acids is 1. The van der Waals surface area contributed by atoms with Gasteiger partial charge in [-0.2, -0.15) is 0 Å². The Balaban J connectivity index is 1.40. The van der Waals surface area contributed by atoms with Gasteiger partial charge in [0.1, 0.15) is 6.61 Å². The van der Waals surface area contributed by atoms with Gasteiger partial charge in [-0.15, -0.1) is 0 Å². The van der Waals surface area contributed by atoms with Gasteiger partial charge in [-0.05, 0) is 30.5 Å². The molecule has 1 aliphatic rings. The number of carbonyl (C=O) groups is 1. The smallest absolute Gasteiger partial charge is 0.407 e. The van der Waals surface area contributed by atoms with Crippen LogP contribution in [-0.2, 0) is 11.3 Å². The number of ether oxygens (including phenoxy) is 1. The zero-order valence-corrected chi connectivity index (χ0v) is 14.7. The van der Waals surface area contributed by atoms with Crippen LogP contribution in [0.25, 0.3) is 0 Å². The van der Waals surface area contributed by atoms with E-state index >= 15 is 0 Å². The lowest BCUT2D eigenvalue weighted by molar-refractivity contribution is 0.129. The lowest BCUT2D eigenvalue weighted by Crippen LogP contribution is -2.49. The maximum absolute atomic E-state index is 11.9. The van der Waals surface area contributed by atoms with Crippen molar-refractivity contribution in [2.45, 2.75) is 31.5 Å². The molecule has 1 fully saturated rings. The van der Waals surface area contributed by atoms with Crippen molar-refractivity contribution in [2.75, 3.05) is 24.3 Å². The van der Waals surface area contributed by atoms with Crippen molar-refractivity contribution < 1.29 is 9.53 Å². The second-order valence-electron chi connectivity index (χ2n) is 6.63. The lowest BCUT2D eigenvalue weighted by Gasteiger charge is -2.37.